The van der Waals surface area contributed by atoms with Crippen LogP contribution in [-0.2, 0) is 20.3 Å². The smallest absolute Gasteiger partial charge is 1.00 e. The molecule has 0 radical (unpaired) electrons. The van der Waals surface area contributed by atoms with Gasteiger partial charge in [0.15, 0.2) is 0 Å². The summed E-state index contributed by atoms with van der Waals surface area (Å²) in [6, 6.07) is 0. The molecule has 0 amide bonds. The third-order valence-electron chi connectivity index (χ3n) is 3.39. The van der Waals surface area contributed by atoms with E-state index in [9.17, 15) is 0 Å². The second-order valence-corrected chi connectivity index (χ2v) is 15.2. The standard InChI is InChI=1S/C7H11.C5H5.C2H4.2ClH.Zr/c1-4-6-7(3)5-2;1-2-4-5-3-1;1-2;;;/h2,5-6H,4H2,1,3H3;1-3H,4H2;1-2H2;2*1H;/q;;;;;+2/p-2. The van der Waals surface area contributed by atoms with Crippen LogP contribution in [0.25, 0.3) is 0 Å². The van der Waals surface area contributed by atoms with Gasteiger partial charge in [0.05, 0.1) is 0 Å². The predicted molar refractivity (Wildman–Crippen MR) is 64.6 cm³/mol. The van der Waals surface area contributed by atoms with Gasteiger partial charge in [-0.25, -0.2) is 0 Å². The monoisotopic (exact) mass is 348 g/mol. The third-order valence-corrected chi connectivity index (χ3v) is 13.3. The average molecular weight is 350 g/mol. The van der Waals surface area contributed by atoms with Crippen LogP contribution in [-0.4, -0.2) is 0 Å². The van der Waals surface area contributed by atoms with Crippen molar-refractivity contribution in [2.75, 3.05) is 0 Å². The first-order valence-electron chi connectivity index (χ1n) is 5.99. The molecule has 0 N–H and O–H groups in total. The Labute approximate surface area is 122 Å². The van der Waals surface area contributed by atoms with Crippen LogP contribution in [0, 0.1) is 0 Å². The molecule has 0 bridgehead atoms. The summed E-state index contributed by atoms with van der Waals surface area (Å²) < 4.78 is 7.57. The summed E-state index contributed by atoms with van der Waals surface area (Å²) in [6.45, 7) is 4.43. The van der Waals surface area contributed by atoms with Crippen LogP contribution < -0.4 is 24.8 Å². The molecular formula is C14H20Cl2Zr. The van der Waals surface area contributed by atoms with E-state index in [2.05, 4.69) is 48.0 Å². The summed E-state index contributed by atoms with van der Waals surface area (Å²) in [5.74, 6) is 0. The minimum atomic E-state index is -1.79. The molecule has 1 saturated heterocycles. The van der Waals surface area contributed by atoms with Crippen molar-refractivity contribution >= 4 is 0 Å². The molecule has 1 aliphatic carbocycles. The van der Waals surface area contributed by atoms with E-state index in [0.29, 0.717) is 0 Å². The first kappa shape index (κ1) is 17.4. The Balaban J connectivity index is 0.00000128. The fourth-order valence-corrected chi connectivity index (χ4v) is 13.5. The molecule has 1 fully saturated rings. The molecular weight excluding hydrogens is 330 g/mol. The largest absolute Gasteiger partial charge is 1.00 e. The van der Waals surface area contributed by atoms with Crippen LogP contribution in [0.15, 0.2) is 43.0 Å². The van der Waals surface area contributed by atoms with Crippen molar-refractivity contribution in [3.05, 3.63) is 43.0 Å². The Kier molecular flexibility index (Phi) is 7.96. The van der Waals surface area contributed by atoms with Gasteiger partial charge >= 0.3 is 98.2 Å². The second-order valence-electron chi connectivity index (χ2n) is 4.67. The Bertz CT molecular complexity index is 360. The molecule has 0 atom stereocenters. The van der Waals surface area contributed by atoms with Crippen LogP contribution >= 0.6 is 0 Å². The van der Waals surface area contributed by atoms with Crippen LogP contribution in [0.2, 0.25) is 8.26 Å². The Morgan fingerprint density at radius 2 is 2.06 bits per heavy atom. The van der Waals surface area contributed by atoms with Gasteiger partial charge in [0.1, 0.15) is 0 Å². The van der Waals surface area contributed by atoms with Crippen molar-refractivity contribution in [1.29, 1.82) is 0 Å². The second kappa shape index (κ2) is 7.77. The first-order valence-corrected chi connectivity index (χ1v) is 12.1. The minimum absolute atomic E-state index is 0. The summed E-state index contributed by atoms with van der Waals surface area (Å²) in [7, 11) is 0. The molecule has 0 aromatic rings. The molecule has 2 aliphatic rings. The number of hydrogen-bond acceptors (Lipinski definition) is 0. The molecule has 0 aromatic carbocycles. The molecule has 0 unspecified atom stereocenters. The summed E-state index contributed by atoms with van der Waals surface area (Å²) in [4.78, 5) is 0. The number of allylic oxidation sites excluding steroid dienone is 7. The van der Waals surface area contributed by atoms with Gasteiger partial charge in [0, 0.05) is 0 Å². The van der Waals surface area contributed by atoms with E-state index in [0.717, 1.165) is 6.42 Å². The number of rotatable bonds is 4. The predicted octanol–water partition coefficient (Wildman–Crippen LogP) is -1.29. The SMILES string of the molecule is CCC=C(C)C=[CH][Zr+2]1([C]2=CC=CC2)[CH2][CH2]1.[Cl-].[Cl-]. The molecule has 2 rings (SSSR count). The van der Waals surface area contributed by atoms with Crippen molar-refractivity contribution in [3.8, 4) is 0 Å². The molecule has 0 nitrogen and oxygen atoms in total. The molecule has 17 heavy (non-hydrogen) atoms. The number of hydrogen-bond donors (Lipinski definition) is 0. The van der Waals surface area contributed by atoms with Crippen molar-refractivity contribution in [3.63, 3.8) is 0 Å². The molecule has 1 aliphatic heterocycles. The van der Waals surface area contributed by atoms with Gasteiger partial charge in [-0.2, -0.15) is 0 Å². The van der Waals surface area contributed by atoms with Crippen molar-refractivity contribution < 1.29 is 45.1 Å². The van der Waals surface area contributed by atoms with Crippen LogP contribution in [0.3, 0.4) is 0 Å². The van der Waals surface area contributed by atoms with Gasteiger partial charge in [0.25, 0.3) is 0 Å². The third kappa shape index (κ3) is 4.54. The van der Waals surface area contributed by atoms with Crippen LogP contribution in [0.5, 0.6) is 0 Å². The van der Waals surface area contributed by atoms with Crippen LogP contribution in [0.1, 0.15) is 26.7 Å². The van der Waals surface area contributed by atoms with Crippen molar-refractivity contribution in [1.82, 2.24) is 0 Å². The molecule has 0 aromatic heterocycles. The molecule has 3 heteroatoms. The summed E-state index contributed by atoms with van der Waals surface area (Å²) in [5.41, 5.74) is 1.45. The Hall–Kier alpha value is 0.423. The van der Waals surface area contributed by atoms with Gasteiger partial charge in [-0.05, 0) is 0 Å². The molecule has 0 spiro atoms. The molecule has 94 valence electrons. The van der Waals surface area contributed by atoms with E-state index in [4.69, 9.17) is 0 Å². The van der Waals surface area contributed by atoms with Crippen molar-refractivity contribution in [2.45, 2.75) is 34.9 Å². The maximum atomic E-state index is 2.63. The first-order chi connectivity index (χ1) is 7.27. The normalized spacial score (nSPS) is 18.9. The van der Waals surface area contributed by atoms with E-state index in [-0.39, 0.29) is 24.8 Å². The quantitative estimate of drug-likeness (QED) is 0.554. The van der Waals surface area contributed by atoms with Gasteiger partial charge in [-0.3, -0.25) is 0 Å². The van der Waals surface area contributed by atoms with E-state index in [1.165, 1.54) is 12.0 Å². The fraction of sp³-hybridized carbons (Fsp3) is 0.429. The van der Waals surface area contributed by atoms with Crippen LogP contribution in [0.4, 0.5) is 0 Å². The van der Waals surface area contributed by atoms with E-state index in [1.54, 1.807) is 8.26 Å². The fourth-order valence-electron chi connectivity index (χ4n) is 2.23. The minimum Gasteiger partial charge on any atom is -1.00 e. The zero-order valence-corrected chi connectivity index (χ0v) is 14.5. The van der Waals surface area contributed by atoms with Gasteiger partial charge in [0.2, 0.25) is 0 Å². The molecule has 0 saturated carbocycles. The maximum Gasteiger partial charge on any atom is -1.00 e. The maximum absolute atomic E-state index is 2.63. The van der Waals surface area contributed by atoms with Gasteiger partial charge < -0.3 is 24.8 Å². The summed E-state index contributed by atoms with van der Waals surface area (Å²) in [5, 5.41) is 0. The van der Waals surface area contributed by atoms with Crippen molar-refractivity contribution in [2.24, 2.45) is 0 Å². The van der Waals surface area contributed by atoms with E-state index >= 15 is 0 Å². The van der Waals surface area contributed by atoms with E-state index < -0.39 is 20.3 Å². The summed E-state index contributed by atoms with van der Waals surface area (Å²) in [6.07, 6.45) is 14.1. The Morgan fingerprint density at radius 1 is 1.35 bits per heavy atom. The zero-order valence-electron chi connectivity index (χ0n) is 10.5. The van der Waals surface area contributed by atoms with E-state index in [1.807, 2.05) is 3.28 Å². The van der Waals surface area contributed by atoms with Gasteiger partial charge in [-0.15, -0.1) is 0 Å². The average Bonchev–Trinajstić information content (AvgIpc) is 2.81. The summed E-state index contributed by atoms with van der Waals surface area (Å²) >= 11 is -1.79. The number of halogens is 2. The Morgan fingerprint density at radius 3 is 2.53 bits per heavy atom. The van der Waals surface area contributed by atoms with Gasteiger partial charge in [-0.1, -0.05) is 0 Å². The topological polar surface area (TPSA) is 0 Å². The zero-order chi connectivity index (χ0) is 10.7. The molecule has 1 heterocycles.